The molecule has 2 aromatic carbocycles. The fourth-order valence-corrected chi connectivity index (χ4v) is 7.49. The number of hydroxylamine groups is 2. The maximum absolute atomic E-state index is 13.9. The molecule has 4 bridgehead atoms. The number of nitrogens with zero attached hydrogens (tertiary/aromatic N) is 2. The molecule has 0 aromatic heterocycles. The van der Waals surface area contributed by atoms with Crippen LogP contribution >= 0.6 is 11.6 Å². The van der Waals surface area contributed by atoms with Crippen LogP contribution in [0.25, 0.3) is 6.08 Å². The SMILES string of the molecule is COc1ccc2c3c1O[C@H]1[C@@]4(OC)C=C[C@]5([C@@H](C2)N(C)CC[C@]315)N(C(=O)/C=C/c1ccc(Cl)cc1)O4. The lowest BCUT2D eigenvalue weighted by atomic mass is 9.47. The number of benzene rings is 2. The van der Waals surface area contributed by atoms with Crippen molar-refractivity contribution in [1.29, 1.82) is 0 Å². The second-order valence-corrected chi connectivity index (χ2v) is 10.7. The van der Waals surface area contributed by atoms with Gasteiger partial charge in [-0.15, -0.1) is 0 Å². The van der Waals surface area contributed by atoms with Crippen molar-refractivity contribution >= 4 is 23.6 Å². The van der Waals surface area contributed by atoms with Crippen molar-refractivity contribution in [2.75, 3.05) is 27.8 Å². The monoisotopic (exact) mass is 506 g/mol. The molecule has 36 heavy (non-hydrogen) atoms. The van der Waals surface area contributed by atoms with Crippen molar-refractivity contribution in [2.24, 2.45) is 0 Å². The Morgan fingerprint density at radius 1 is 1.17 bits per heavy atom. The van der Waals surface area contributed by atoms with Crippen LogP contribution in [0, 0.1) is 0 Å². The average Bonchev–Trinajstić information content (AvgIpc) is 3.27. The minimum absolute atomic E-state index is 0.00322. The van der Waals surface area contributed by atoms with E-state index >= 15 is 0 Å². The van der Waals surface area contributed by atoms with Gasteiger partial charge in [-0.3, -0.25) is 4.79 Å². The van der Waals surface area contributed by atoms with Gasteiger partial charge in [-0.2, -0.15) is 0 Å². The molecule has 1 amide bonds. The molecule has 2 spiro atoms. The standard InChI is InChI=1S/C28H27ClN2O5/c1-30-15-14-26-23-18-7-10-20(33-2)24(23)35-25(26)28(34-3)13-12-27(26,21(30)16-18)31(36-28)22(32)11-6-17-4-8-19(29)9-5-17/h4-13,21,25H,14-16H2,1-3H3/b11-6+/t21-,25-,26+,27-,28-/m1/s1. The molecule has 2 fully saturated rings. The Hall–Kier alpha value is -2.84. The predicted octanol–water partition coefficient (Wildman–Crippen LogP) is 3.75. The zero-order valence-electron chi connectivity index (χ0n) is 20.4. The first-order valence-corrected chi connectivity index (χ1v) is 12.6. The number of hydrogen-bond acceptors (Lipinski definition) is 6. The summed E-state index contributed by atoms with van der Waals surface area (Å²) in [6, 6.07) is 11.5. The lowest BCUT2D eigenvalue weighted by Gasteiger charge is -2.70. The van der Waals surface area contributed by atoms with Crippen molar-refractivity contribution in [1.82, 2.24) is 9.96 Å². The molecular weight excluding hydrogens is 480 g/mol. The number of likely N-dealkylation sites (tertiary alicyclic amines) is 1. The smallest absolute Gasteiger partial charge is 0.271 e. The highest BCUT2D eigenvalue weighted by Crippen LogP contribution is 2.70. The zero-order chi connectivity index (χ0) is 24.9. The number of likely N-dealkylation sites (N-methyl/N-ethyl adjacent to an activating group) is 1. The Kier molecular flexibility index (Phi) is 4.57. The maximum atomic E-state index is 13.9. The van der Waals surface area contributed by atoms with Gasteiger partial charge in [0.25, 0.3) is 11.7 Å². The lowest BCUT2D eigenvalue weighted by molar-refractivity contribution is -0.412. The second kappa shape index (κ2) is 7.35. The first kappa shape index (κ1) is 22.4. The van der Waals surface area contributed by atoms with Gasteiger partial charge < -0.3 is 19.1 Å². The molecule has 4 aliphatic heterocycles. The van der Waals surface area contributed by atoms with Gasteiger partial charge in [0.1, 0.15) is 5.54 Å². The van der Waals surface area contributed by atoms with Crippen LogP contribution in [0.3, 0.4) is 0 Å². The fourth-order valence-electron chi connectivity index (χ4n) is 7.36. The van der Waals surface area contributed by atoms with Crippen LogP contribution in [0.1, 0.15) is 23.1 Å². The third-order valence-electron chi connectivity index (χ3n) is 8.90. The van der Waals surface area contributed by atoms with Gasteiger partial charge in [0, 0.05) is 29.8 Å². The number of methoxy groups -OCH3 is 2. The number of carbonyl (C=O) groups excluding carboxylic acids is 1. The van der Waals surface area contributed by atoms with E-state index in [0.717, 1.165) is 36.3 Å². The van der Waals surface area contributed by atoms with Crippen molar-refractivity contribution < 1.29 is 23.8 Å². The molecule has 8 heteroatoms. The summed E-state index contributed by atoms with van der Waals surface area (Å²) < 4.78 is 18.5. The molecule has 8 rings (SSSR count). The van der Waals surface area contributed by atoms with Crippen molar-refractivity contribution in [3.63, 3.8) is 0 Å². The predicted molar refractivity (Wildman–Crippen MR) is 134 cm³/mol. The van der Waals surface area contributed by atoms with Crippen LogP contribution in [0.5, 0.6) is 11.5 Å². The van der Waals surface area contributed by atoms with E-state index in [2.05, 4.69) is 24.1 Å². The number of fused-ring (bicyclic) bond motifs is 1. The van der Waals surface area contributed by atoms with E-state index in [0.29, 0.717) is 10.8 Å². The zero-order valence-corrected chi connectivity index (χ0v) is 21.1. The van der Waals surface area contributed by atoms with E-state index in [1.54, 1.807) is 43.6 Å². The number of ether oxygens (including phenoxy) is 3. The highest BCUT2D eigenvalue weighted by atomic mass is 35.5. The summed E-state index contributed by atoms with van der Waals surface area (Å²) in [6.45, 7) is 0.874. The Morgan fingerprint density at radius 2 is 1.97 bits per heavy atom. The number of halogens is 1. The van der Waals surface area contributed by atoms with Crippen LogP contribution < -0.4 is 9.47 Å². The van der Waals surface area contributed by atoms with E-state index in [1.165, 1.54) is 5.56 Å². The topological polar surface area (TPSA) is 60.5 Å². The number of hydrogen-bond donors (Lipinski definition) is 0. The maximum Gasteiger partial charge on any atom is 0.271 e. The first-order chi connectivity index (χ1) is 17.4. The normalized spacial score (nSPS) is 35.2. The molecule has 6 aliphatic rings. The van der Waals surface area contributed by atoms with Gasteiger partial charge in [0.05, 0.1) is 12.5 Å². The van der Waals surface area contributed by atoms with Crippen molar-refractivity contribution in [2.45, 2.75) is 41.7 Å². The third-order valence-corrected chi connectivity index (χ3v) is 9.15. The Labute approximate surface area is 214 Å². The highest BCUT2D eigenvalue weighted by Gasteiger charge is 2.81. The van der Waals surface area contributed by atoms with Crippen LogP contribution in [0.2, 0.25) is 5.02 Å². The van der Waals surface area contributed by atoms with E-state index in [-0.39, 0.29) is 11.9 Å². The largest absolute Gasteiger partial charge is 0.493 e. The Bertz CT molecular complexity index is 1340. The minimum Gasteiger partial charge on any atom is -0.493 e. The molecule has 0 unspecified atom stereocenters. The number of rotatable bonds is 4. The van der Waals surface area contributed by atoms with E-state index in [1.807, 2.05) is 24.3 Å². The number of carbonyl (C=O) groups is 1. The first-order valence-electron chi connectivity index (χ1n) is 12.2. The third kappa shape index (κ3) is 2.47. The van der Waals surface area contributed by atoms with Gasteiger partial charge in [0.2, 0.25) is 0 Å². The molecule has 2 aromatic rings. The molecule has 2 aliphatic carbocycles. The lowest BCUT2D eigenvalue weighted by Crippen LogP contribution is -2.87. The number of piperidine rings is 1. The summed E-state index contributed by atoms with van der Waals surface area (Å²) in [5, 5.41) is 2.22. The van der Waals surface area contributed by atoms with Crippen LogP contribution in [0.4, 0.5) is 0 Å². The number of amides is 1. The molecule has 0 saturated carbocycles. The van der Waals surface area contributed by atoms with Gasteiger partial charge in [0.15, 0.2) is 17.6 Å². The molecule has 7 nitrogen and oxygen atoms in total. The van der Waals surface area contributed by atoms with Crippen LogP contribution in [-0.4, -0.2) is 67.2 Å². The van der Waals surface area contributed by atoms with Gasteiger partial charge in [-0.25, -0.2) is 9.90 Å². The molecule has 186 valence electrons. The van der Waals surface area contributed by atoms with Crippen molar-refractivity contribution in [3.05, 3.63) is 76.3 Å². The molecule has 4 heterocycles. The average molecular weight is 507 g/mol. The molecular formula is C28H27ClN2O5. The van der Waals surface area contributed by atoms with Crippen LogP contribution in [-0.2, 0) is 26.2 Å². The molecule has 0 N–H and O–H groups in total. The van der Waals surface area contributed by atoms with E-state index in [4.69, 9.17) is 30.6 Å². The van der Waals surface area contributed by atoms with E-state index in [9.17, 15) is 4.79 Å². The van der Waals surface area contributed by atoms with E-state index < -0.39 is 22.8 Å². The summed E-state index contributed by atoms with van der Waals surface area (Å²) in [4.78, 5) is 22.8. The van der Waals surface area contributed by atoms with Crippen LogP contribution in [0.15, 0.2) is 54.6 Å². The molecule has 5 atom stereocenters. The summed E-state index contributed by atoms with van der Waals surface area (Å²) in [6.07, 6.45) is 8.54. The fraction of sp³-hybridized carbons (Fsp3) is 0.393. The Balaban J connectivity index is 1.43. The van der Waals surface area contributed by atoms with Gasteiger partial charge in [-0.05, 0) is 67.9 Å². The summed E-state index contributed by atoms with van der Waals surface area (Å²) in [5.41, 5.74) is 1.94. The quantitative estimate of drug-likeness (QED) is 0.465. The molecule has 0 radical (unpaired) electrons. The summed E-state index contributed by atoms with van der Waals surface area (Å²) >= 11 is 6.03. The summed E-state index contributed by atoms with van der Waals surface area (Å²) in [5.74, 6) is -0.0538. The van der Waals surface area contributed by atoms with Gasteiger partial charge in [-0.1, -0.05) is 35.9 Å². The van der Waals surface area contributed by atoms with Crippen molar-refractivity contribution in [3.8, 4) is 11.5 Å². The summed E-state index contributed by atoms with van der Waals surface area (Å²) in [7, 11) is 5.38. The Morgan fingerprint density at radius 3 is 2.72 bits per heavy atom. The van der Waals surface area contributed by atoms with Gasteiger partial charge >= 0.3 is 0 Å². The minimum atomic E-state index is -1.25. The molecule has 2 saturated heterocycles. The highest BCUT2D eigenvalue weighted by molar-refractivity contribution is 6.30. The second-order valence-electron chi connectivity index (χ2n) is 10.2.